The average Bonchev–Trinajstić information content (AvgIpc) is 3.51. The summed E-state index contributed by atoms with van der Waals surface area (Å²) in [6, 6.07) is 5.46. The molecule has 2 amide bonds. The van der Waals surface area contributed by atoms with E-state index in [4.69, 9.17) is 10.00 Å². The van der Waals surface area contributed by atoms with Gasteiger partial charge in [0.15, 0.2) is 0 Å². The first-order valence-electron chi connectivity index (χ1n) is 10.6. The van der Waals surface area contributed by atoms with Gasteiger partial charge in [-0.15, -0.1) is 11.3 Å². The average molecular weight is 440 g/mol. The summed E-state index contributed by atoms with van der Waals surface area (Å²) in [5, 5.41) is 14.5. The number of aromatic nitrogens is 2. The lowest BCUT2D eigenvalue weighted by Crippen LogP contribution is -2.46. The fourth-order valence-corrected chi connectivity index (χ4v) is 4.29. The van der Waals surface area contributed by atoms with Crippen molar-refractivity contribution in [3.63, 3.8) is 0 Å². The Balaban J connectivity index is 1.24. The van der Waals surface area contributed by atoms with Crippen LogP contribution in [0.25, 0.3) is 11.3 Å². The fraction of sp³-hybridized carbons (Fsp3) is 0.500. The van der Waals surface area contributed by atoms with Crippen LogP contribution in [-0.4, -0.2) is 53.0 Å². The van der Waals surface area contributed by atoms with Gasteiger partial charge in [-0.25, -0.2) is 9.97 Å². The van der Waals surface area contributed by atoms with E-state index in [1.165, 1.54) is 24.2 Å². The lowest BCUT2D eigenvalue weighted by atomic mass is 9.97. The monoisotopic (exact) mass is 439 g/mol. The van der Waals surface area contributed by atoms with Crippen LogP contribution in [0.2, 0.25) is 0 Å². The zero-order chi connectivity index (χ0) is 21.6. The number of hydrogen-bond donors (Lipinski definition) is 1. The zero-order valence-corrected chi connectivity index (χ0v) is 18.1. The lowest BCUT2D eigenvalue weighted by Gasteiger charge is -2.32. The number of nitrogens with zero attached hydrogens (tertiary/aromatic N) is 4. The van der Waals surface area contributed by atoms with Gasteiger partial charge in [-0.2, -0.15) is 5.26 Å². The summed E-state index contributed by atoms with van der Waals surface area (Å²) in [4.78, 5) is 35.4. The molecule has 0 aromatic carbocycles. The summed E-state index contributed by atoms with van der Waals surface area (Å²) in [6.45, 7) is 2.25. The van der Waals surface area contributed by atoms with E-state index < -0.39 is 0 Å². The van der Waals surface area contributed by atoms with Crippen molar-refractivity contribution in [1.29, 1.82) is 5.26 Å². The highest BCUT2D eigenvalue weighted by Gasteiger charge is 2.29. The van der Waals surface area contributed by atoms with E-state index in [0.29, 0.717) is 37.9 Å². The highest BCUT2D eigenvalue weighted by atomic mass is 32.1. The highest BCUT2D eigenvalue weighted by Crippen LogP contribution is 2.28. The van der Waals surface area contributed by atoms with Crippen LogP contribution < -0.4 is 5.32 Å². The molecule has 0 unspecified atom stereocenters. The Hall–Kier alpha value is -2.83. The van der Waals surface area contributed by atoms with Crippen molar-refractivity contribution in [3.05, 3.63) is 34.4 Å². The SMILES string of the molecule is N#Cc1ccc(-c2csc(CNC(=O)[C@H]3CCCN(C(=O)COCC4CC4)C3)n2)cn1. The Morgan fingerprint density at radius 1 is 1.32 bits per heavy atom. The number of thiazole rings is 1. The number of piperidine rings is 1. The van der Waals surface area contributed by atoms with Gasteiger partial charge in [0.05, 0.1) is 24.8 Å². The third kappa shape index (κ3) is 5.87. The summed E-state index contributed by atoms with van der Waals surface area (Å²) in [5.74, 6) is 0.349. The van der Waals surface area contributed by atoms with Gasteiger partial charge >= 0.3 is 0 Å². The number of ether oxygens (including phenoxy) is 1. The van der Waals surface area contributed by atoms with Gasteiger partial charge in [0.1, 0.15) is 23.4 Å². The van der Waals surface area contributed by atoms with Crippen LogP contribution in [0.1, 0.15) is 36.4 Å². The quantitative estimate of drug-likeness (QED) is 0.676. The van der Waals surface area contributed by atoms with Gasteiger partial charge < -0.3 is 15.0 Å². The molecule has 1 saturated carbocycles. The van der Waals surface area contributed by atoms with Crippen LogP contribution in [0, 0.1) is 23.2 Å². The molecule has 162 valence electrons. The van der Waals surface area contributed by atoms with Crippen LogP contribution in [0.5, 0.6) is 0 Å². The molecule has 2 aliphatic rings. The van der Waals surface area contributed by atoms with Gasteiger partial charge in [0.25, 0.3) is 0 Å². The minimum absolute atomic E-state index is 0.0289. The molecule has 1 atom stereocenters. The highest BCUT2D eigenvalue weighted by molar-refractivity contribution is 7.09. The summed E-state index contributed by atoms with van der Waals surface area (Å²) in [6.07, 6.45) is 5.62. The van der Waals surface area contributed by atoms with Crippen LogP contribution in [0.15, 0.2) is 23.7 Å². The second-order valence-corrected chi connectivity index (χ2v) is 8.97. The van der Waals surface area contributed by atoms with Gasteiger partial charge in [-0.05, 0) is 43.7 Å². The van der Waals surface area contributed by atoms with E-state index in [0.717, 1.165) is 29.1 Å². The molecular formula is C22H25N5O3S. The van der Waals surface area contributed by atoms with Crippen molar-refractivity contribution >= 4 is 23.2 Å². The molecule has 1 aliphatic carbocycles. The van der Waals surface area contributed by atoms with E-state index in [-0.39, 0.29) is 24.3 Å². The molecule has 0 spiro atoms. The number of carbonyl (C=O) groups is 2. The van der Waals surface area contributed by atoms with E-state index in [1.807, 2.05) is 17.5 Å². The number of amides is 2. The molecule has 4 rings (SSSR count). The van der Waals surface area contributed by atoms with Crippen molar-refractivity contribution in [2.45, 2.75) is 32.2 Å². The molecule has 3 heterocycles. The van der Waals surface area contributed by atoms with Gasteiger partial charge in [-0.3, -0.25) is 9.59 Å². The maximum Gasteiger partial charge on any atom is 0.248 e. The first-order chi connectivity index (χ1) is 15.1. The second kappa shape index (κ2) is 9.98. The Labute approximate surface area is 185 Å². The summed E-state index contributed by atoms with van der Waals surface area (Å²) in [7, 11) is 0. The Kier molecular flexibility index (Phi) is 6.89. The summed E-state index contributed by atoms with van der Waals surface area (Å²) >= 11 is 1.47. The number of nitriles is 1. The predicted molar refractivity (Wildman–Crippen MR) is 115 cm³/mol. The van der Waals surface area contributed by atoms with Crippen molar-refractivity contribution < 1.29 is 14.3 Å². The minimum Gasteiger partial charge on any atom is -0.371 e. The molecule has 9 heteroatoms. The van der Waals surface area contributed by atoms with E-state index in [1.54, 1.807) is 17.2 Å². The number of nitrogens with one attached hydrogen (secondary N) is 1. The maximum absolute atomic E-state index is 12.7. The molecule has 0 radical (unpaired) electrons. The topological polar surface area (TPSA) is 108 Å². The number of carbonyl (C=O) groups excluding carboxylic acids is 2. The summed E-state index contributed by atoms with van der Waals surface area (Å²) < 4.78 is 5.51. The lowest BCUT2D eigenvalue weighted by molar-refractivity contribution is -0.140. The van der Waals surface area contributed by atoms with E-state index >= 15 is 0 Å². The molecule has 1 saturated heterocycles. The van der Waals surface area contributed by atoms with Crippen molar-refractivity contribution in [2.24, 2.45) is 11.8 Å². The zero-order valence-electron chi connectivity index (χ0n) is 17.2. The molecule has 1 N–H and O–H groups in total. The molecule has 2 aromatic rings. The van der Waals surface area contributed by atoms with Gasteiger partial charge in [-0.1, -0.05) is 0 Å². The number of rotatable bonds is 8. The van der Waals surface area contributed by atoms with Crippen LogP contribution in [-0.2, 0) is 20.9 Å². The molecular weight excluding hydrogens is 414 g/mol. The fourth-order valence-electron chi connectivity index (χ4n) is 3.55. The van der Waals surface area contributed by atoms with E-state index in [2.05, 4.69) is 15.3 Å². The molecule has 2 fully saturated rings. The summed E-state index contributed by atoms with van der Waals surface area (Å²) in [5.41, 5.74) is 1.96. The first-order valence-corrected chi connectivity index (χ1v) is 11.4. The van der Waals surface area contributed by atoms with Crippen LogP contribution in [0.4, 0.5) is 0 Å². The Morgan fingerprint density at radius 3 is 2.94 bits per heavy atom. The normalized spacial score (nSPS) is 18.4. The second-order valence-electron chi connectivity index (χ2n) is 8.03. The molecule has 8 nitrogen and oxygen atoms in total. The molecule has 0 bridgehead atoms. The molecule has 1 aliphatic heterocycles. The number of likely N-dealkylation sites (tertiary alicyclic amines) is 1. The largest absolute Gasteiger partial charge is 0.371 e. The first kappa shape index (κ1) is 21.4. The third-order valence-corrected chi connectivity index (χ3v) is 6.41. The van der Waals surface area contributed by atoms with Crippen LogP contribution >= 0.6 is 11.3 Å². The smallest absolute Gasteiger partial charge is 0.248 e. The third-order valence-electron chi connectivity index (χ3n) is 5.56. The van der Waals surface area contributed by atoms with E-state index in [9.17, 15) is 9.59 Å². The van der Waals surface area contributed by atoms with Crippen molar-refractivity contribution in [2.75, 3.05) is 26.3 Å². The van der Waals surface area contributed by atoms with Crippen molar-refractivity contribution in [3.8, 4) is 17.3 Å². The number of pyridine rings is 1. The molecule has 2 aromatic heterocycles. The van der Waals surface area contributed by atoms with Gasteiger partial charge in [0, 0.05) is 30.2 Å². The van der Waals surface area contributed by atoms with Crippen LogP contribution in [0.3, 0.4) is 0 Å². The predicted octanol–water partition coefficient (Wildman–Crippen LogP) is 2.36. The number of hydrogen-bond acceptors (Lipinski definition) is 7. The Bertz CT molecular complexity index is 964. The minimum atomic E-state index is -0.205. The standard InChI is InChI=1S/C22H25N5O3S/c23-8-18-6-5-16(9-24-18)19-14-31-20(26-19)10-25-22(29)17-2-1-7-27(11-17)21(28)13-30-12-15-3-4-15/h5-6,9,14-15,17H,1-4,7,10-13H2,(H,25,29)/t17-/m0/s1. The molecule has 31 heavy (non-hydrogen) atoms. The Morgan fingerprint density at radius 2 is 2.19 bits per heavy atom. The van der Waals surface area contributed by atoms with Gasteiger partial charge in [0.2, 0.25) is 11.8 Å². The van der Waals surface area contributed by atoms with Crippen molar-refractivity contribution in [1.82, 2.24) is 20.2 Å². The maximum atomic E-state index is 12.7.